The van der Waals surface area contributed by atoms with Crippen molar-refractivity contribution < 1.29 is 5.94 Å². The van der Waals surface area contributed by atoms with Crippen molar-refractivity contribution in [2.45, 2.75) is 52.9 Å². The highest BCUT2D eigenvalue weighted by atomic mass is 14.9. The van der Waals surface area contributed by atoms with Crippen molar-refractivity contribution in [1.82, 2.24) is 0 Å². The summed E-state index contributed by atoms with van der Waals surface area (Å²) in [5.74, 6) is 0.830. The van der Waals surface area contributed by atoms with E-state index >= 15 is 0 Å². The predicted octanol–water partition coefficient (Wildman–Crippen LogP) is 5.99. The topological polar surface area (TPSA) is 3.88 Å². The number of rotatable bonds is 3. The molecule has 0 N–H and O–H groups in total. The number of hydrogen-bond acceptors (Lipinski definition) is 0. The summed E-state index contributed by atoms with van der Waals surface area (Å²) >= 11 is 0. The Morgan fingerprint density at radius 2 is 1.81 bits per heavy atom. The van der Waals surface area contributed by atoms with Gasteiger partial charge in [0.05, 0.1) is 6.76 Å². The van der Waals surface area contributed by atoms with E-state index in [2.05, 4.69) is 68.8 Å². The molecule has 3 aromatic rings. The van der Waals surface area contributed by atoms with E-state index in [1.165, 1.54) is 59.0 Å². The molecule has 26 heavy (non-hydrogen) atoms. The zero-order valence-electron chi connectivity index (χ0n) is 17.5. The second-order valence-electron chi connectivity index (χ2n) is 8.17. The normalized spacial score (nSPS) is 15.6. The lowest BCUT2D eigenvalue weighted by Gasteiger charge is -2.13. The fraction of sp³-hybridized carbons (Fsp3) is 0.400. The lowest BCUT2D eigenvalue weighted by atomic mass is 9.93. The Labute approximate surface area is 159 Å². The van der Waals surface area contributed by atoms with Crippen LogP contribution in [0.1, 0.15) is 49.4 Å². The lowest BCUT2D eigenvalue weighted by Crippen LogP contribution is -2.35. The molecule has 0 saturated heterocycles. The fourth-order valence-corrected chi connectivity index (χ4v) is 4.52. The van der Waals surface area contributed by atoms with E-state index < -0.39 is 0 Å². The minimum Gasteiger partial charge on any atom is -0.198 e. The quantitative estimate of drug-likeness (QED) is 0.513. The average molecular weight is 346 g/mol. The second kappa shape index (κ2) is 6.87. The molecule has 1 heteroatoms. The van der Waals surface area contributed by atoms with E-state index in [1.807, 2.05) is 0 Å². The molecule has 0 radical (unpaired) electrons. The number of pyridine rings is 1. The number of nitrogens with zero attached hydrogens (tertiary/aromatic N) is 1. The number of aromatic nitrogens is 1. The maximum Gasteiger partial charge on any atom is 0.220 e. The summed E-state index contributed by atoms with van der Waals surface area (Å²) in [7, 11) is 2.09. The van der Waals surface area contributed by atoms with Gasteiger partial charge in [0.2, 0.25) is 5.69 Å². The molecule has 1 fully saturated rings. The van der Waals surface area contributed by atoms with Crippen LogP contribution in [0.2, 0.25) is 0 Å². The van der Waals surface area contributed by atoms with Gasteiger partial charge < -0.3 is 0 Å². The molecular formula is C25H30N+. The zero-order valence-corrected chi connectivity index (χ0v) is 16.5. The van der Waals surface area contributed by atoms with Gasteiger partial charge in [-0.05, 0) is 54.8 Å². The Balaban J connectivity index is 1.92. The van der Waals surface area contributed by atoms with Gasteiger partial charge in [0, 0.05) is 18.5 Å². The molecule has 1 aliphatic rings. The highest BCUT2D eigenvalue weighted by Crippen LogP contribution is 2.32. The minimum atomic E-state index is 0.662. The monoisotopic (exact) mass is 345 g/mol. The standard InChI is InChI=1S/C25H30N/c1-17-9-10-18(2)24(13-17)25-23-12-11-21(15-20-7-5-6-8-20)16-22(23)14-19(3)26(25)4/h9-14,16,20H,5-8,15H2,1-4H3/q+1/i14D. The Hall–Kier alpha value is -2.15. The molecule has 0 bridgehead atoms. The predicted molar refractivity (Wildman–Crippen MR) is 110 cm³/mol. The Bertz CT molecular complexity index is 1010. The van der Waals surface area contributed by atoms with Crippen LogP contribution in [0.15, 0.2) is 42.4 Å². The van der Waals surface area contributed by atoms with Crippen LogP contribution < -0.4 is 4.57 Å². The molecule has 0 spiro atoms. The number of hydrogen-bond donors (Lipinski definition) is 0. The molecule has 0 unspecified atom stereocenters. The third-order valence-corrected chi connectivity index (χ3v) is 6.14. The van der Waals surface area contributed by atoms with Gasteiger partial charge >= 0.3 is 0 Å². The van der Waals surface area contributed by atoms with Gasteiger partial charge in [0.1, 0.15) is 7.05 Å². The SMILES string of the molecule is [2H]c1c(C)[n+](C)c(-c2cc(C)ccc2C)c2ccc(CC3CCCC3)cc12. The van der Waals surface area contributed by atoms with E-state index in [9.17, 15) is 0 Å². The van der Waals surface area contributed by atoms with E-state index in [0.717, 1.165) is 23.4 Å². The largest absolute Gasteiger partial charge is 0.220 e. The summed E-state index contributed by atoms with van der Waals surface area (Å²) < 4.78 is 10.9. The molecule has 1 saturated carbocycles. The van der Waals surface area contributed by atoms with Crippen molar-refractivity contribution in [2.24, 2.45) is 13.0 Å². The maximum atomic E-state index is 8.74. The van der Waals surface area contributed by atoms with E-state index in [4.69, 9.17) is 1.37 Å². The number of aryl methyl sites for hydroxylation is 2. The average Bonchev–Trinajstić information content (AvgIpc) is 3.16. The van der Waals surface area contributed by atoms with E-state index in [0.29, 0.717) is 6.04 Å². The smallest absolute Gasteiger partial charge is 0.198 e. The maximum absolute atomic E-state index is 8.74. The fourth-order valence-electron chi connectivity index (χ4n) is 4.52. The Morgan fingerprint density at radius 1 is 1.04 bits per heavy atom. The van der Waals surface area contributed by atoms with Gasteiger partial charge in [-0.25, -0.2) is 0 Å². The molecule has 0 aliphatic heterocycles. The van der Waals surface area contributed by atoms with Crippen LogP contribution in [-0.2, 0) is 13.5 Å². The summed E-state index contributed by atoms with van der Waals surface area (Å²) in [4.78, 5) is 0. The first-order valence-corrected chi connectivity index (χ1v) is 9.95. The van der Waals surface area contributed by atoms with Crippen LogP contribution in [0.3, 0.4) is 0 Å². The molecule has 1 nitrogen and oxygen atoms in total. The third kappa shape index (κ3) is 3.16. The summed E-state index contributed by atoms with van der Waals surface area (Å²) in [6, 6.07) is 14.2. The first-order valence-electron chi connectivity index (χ1n) is 10.4. The van der Waals surface area contributed by atoms with Gasteiger partial charge in [-0.3, -0.25) is 0 Å². The van der Waals surface area contributed by atoms with E-state index in [1.54, 1.807) is 0 Å². The summed E-state index contributed by atoms with van der Waals surface area (Å²) in [5.41, 5.74) is 7.47. The first-order chi connectivity index (χ1) is 13.0. The highest BCUT2D eigenvalue weighted by Gasteiger charge is 2.21. The van der Waals surface area contributed by atoms with Crippen molar-refractivity contribution in [3.05, 3.63) is 64.8 Å². The highest BCUT2D eigenvalue weighted by molar-refractivity contribution is 5.94. The Kier molecular flexibility index (Phi) is 4.24. The zero-order chi connectivity index (χ0) is 19.1. The van der Waals surface area contributed by atoms with Crippen LogP contribution in [-0.4, -0.2) is 0 Å². The molecule has 0 atom stereocenters. The first kappa shape index (κ1) is 16.1. The van der Waals surface area contributed by atoms with Crippen LogP contribution in [0.5, 0.6) is 0 Å². The van der Waals surface area contributed by atoms with Crippen molar-refractivity contribution in [1.29, 1.82) is 0 Å². The number of benzene rings is 2. The van der Waals surface area contributed by atoms with Crippen LogP contribution >= 0.6 is 0 Å². The lowest BCUT2D eigenvalue weighted by molar-refractivity contribution is -0.665. The van der Waals surface area contributed by atoms with Crippen molar-refractivity contribution >= 4 is 10.8 Å². The van der Waals surface area contributed by atoms with Gasteiger partial charge in [0.15, 0.2) is 5.69 Å². The number of fused-ring (bicyclic) bond motifs is 1. The molecular weight excluding hydrogens is 314 g/mol. The van der Waals surface area contributed by atoms with E-state index in [-0.39, 0.29) is 0 Å². The van der Waals surface area contributed by atoms with Gasteiger partial charge in [-0.1, -0.05) is 55.5 Å². The third-order valence-electron chi connectivity index (χ3n) is 6.14. The van der Waals surface area contributed by atoms with Gasteiger partial charge in [0.25, 0.3) is 0 Å². The molecule has 134 valence electrons. The van der Waals surface area contributed by atoms with Crippen molar-refractivity contribution in [3.63, 3.8) is 0 Å². The molecule has 1 aliphatic carbocycles. The van der Waals surface area contributed by atoms with Crippen LogP contribution in [0.4, 0.5) is 0 Å². The van der Waals surface area contributed by atoms with Gasteiger partial charge in [-0.15, -0.1) is 0 Å². The summed E-state index contributed by atoms with van der Waals surface area (Å²) in [6.45, 7) is 6.40. The minimum absolute atomic E-state index is 0.662. The Morgan fingerprint density at radius 3 is 2.58 bits per heavy atom. The molecule has 2 aromatic carbocycles. The van der Waals surface area contributed by atoms with Gasteiger partial charge in [-0.2, -0.15) is 4.57 Å². The second-order valence-corrected chi connectivity index (χ2v) is 8.17. The van der Waals surface area contributed by atoms with Crippen LogP contribution in [0, 0.1) is 26.7 Å². The van der Waals surface area contributed by atoms with Crippen molar-refractivity contribution in [3.8, 4) is 11.3 Å². The van der Waals surface area contributed by atoms with Crippen molar-refractivity contribution in [2.75, 3.05) is 0 Å². The molecule has 0 amide bonds. The molecule has 1 heterocycles. The summed E-state index contributed by atoms with van der Waals surface area (Å²) in [5, 5.41) is 2.29. The van der Waals surface area contributed by atoms with Crippen LogP contribution in [0.25, 0.3) is 22.0 Å². The molecule has 1 aromatic heterocycles. The summed E-state index contributed by atoms with van der Waals surface area (Å²) in [6.07, 6.45) is 6.65. The molecule has 4 rings (SSSR count).